The van der Waals surface area contributed by atoms with Crippen LogP contribution in [0, 0.1) is 6.92 Å². The average Bonchev–Trinajstić information content (AvgIpc) is 2.91. The van der Waals surface area contributed by atoms with E-state index in [1.807, 2.05) is 0 Å². The minimum Gasteiger partial charge on any atom is -0.316 e. The lowest BCUT2D eigenvalue weighted by atomic mass is 10.2. The van der Waals surface area contributed by atoms with E-state index >= 15 is 0 Å². The standard InChI is InChI=1S/C14H10ClN3O2S/c1-8-11(13(20)18-5-6-21-14(18)16-8)17-12(19)9-3-2-4-10(15)7-9/h2-7H,1H3,(H,17,19). The van der Waals surface area contributed by atoms with Crippen LogP contribution in [0.5, 0.6) is 0 Å². The Morgan fingerprint density at radius 1 is 1.43 bits per heavy atom. The normalized spacial score (nSPS) is 10.8. The lowest BCUT2D eigenvalue weighted by molar-refractivity contribution is 0.102. The van der Waals surface area contributed by atoms with Crippen LogP contribution in [-0.2, 0) is 0 Å². The number of nitrogens with zero attached hydrogens (tertiary/aromatic N) is 2. The molecule has 106 valence electrons. The van der Waals surface area contributed by atoms with Gasteiger partial charge in [0.2, 0.25) is 0 Å². The molecule has 0 fully saturated rings. The second kappa shape index (κ2) is 5.31. The zero-order chi connectivity index (χ0) is 15.0. The van der Waals surface area contributed by atoms with Gasteiger partial charge in [-0.25, -0.2) is 4.98 Å². The minimum atomic E-state index is -0.394. The Labute approximate surface area is 128 Å². The number of amides is 1. The molecule has 0 atom stereocenters. The highest BCUT2D eigenvalue weighted by atomic mass is 35.5. The summed E-state index contributed by atoms with van der Waals surface area (Å²) >= 11 is 7.22. The van der Waals surface area contributed by atoms with Gasteiger partial charge in [-0.1, -0.05) is 17.7 Å². The van der Waals surface area contributed by atoms with E-state index in [4.69, 9.17) is 11.6 Å². The largest absolute Gasteiger partial charge is 0.316 e. The van der Waals surface area contributed by atoms with Gasteiger partial charge in [-0.2, -0.15) is 0 Å². The molecule has 3 aromatic rings. The molecule has 0 bridgehead atoms. The third kappa shape index (κ3) is 2.55. The summed E-state index contributed by atoms with van der Waals surface area (Å²) in [5.41, 5.74) is 0.750. The van der Waals surface area contributed by atoms with Crippen LogP contribution < -0.4 is 10.9 Å². The minimum absolute atomic E-state index is 0.177. The monoisotopic (exact) mass is 319 g/mol. The van der Waals surface area contributed by atoms with Gasteiger partial charge in [0.05, 0.1) is 5.69 Å². The zero-order valence-corrected chi connectivity index (χ0v) is 12.5. The summed E-state index contributed by atoms with van der Waals surface area (Å²) in [6.07, 6.45) is 1.63. The number of carbonyl (C=O) groups is 1. The first-order valence-corrected chi connectivity index (χ1v) is 7.35. The van der Waals surface area contributed by atoms with Gasteiger partial charge in [-0.3, -0.25) is 14.0 Å². The van der Waals surface area contributed by atoms with Gasteiger partial charge >= 0.3 is 0 Å². The van der Waals surface area contributed by atoms with Gasteiger partial charge < -0.3 is 5.32 Å². The molecule has 1 amide bonds. The summed E-state index contributed by atoms with van der Waals surface area (Å²) in [6, 6.07) is 6.53. The molecule has 0 saturated carbocycles. The molecule has 3 rings (SSSR count). The lowest BCUT2D eigenvalue weighted by Gasteiger charge is -2.07. The summed E-state index contributed by atoms with van der Waals surface area (Å²) in [5, 5.41) is 4.85. The van der Waals surface area contributed by atoms with Gasteiger partial charge in [0, 0.05) is 22.2 Å². The van der Waals surface area contributed by atoms with E-state index in [0.717, 1.165) is 0 Å². The van der Waals surface area contributed by atoms with Crippen molar-refractivity contribution in [1.29, 1.82) is 0 Å². The molecule has 5 nitrogen and oxygen atoms in total. The number of thiazole rings is 1. The van der Waals surface area contributed by atoms with Crippen LogP contribution in [0.2, 0.25) is 5.02 Å². The van der Waals surface area contributed by atoms with Gasteiger partial charge in [0.15, 0.2) is 4.96 Å². The maximum atomic E-state index is 12.3. The summed E-state index contributed by atoms with van der Waals surface area (Å²) in [5.74, 6) is -0.394. The van der Waals surface area contributed by atoms with Crippen LogP contribution in [0.3, 0.4) is 0 Å². The second-order valence-electron chi connectivity index (χ2n) is 4.40. The molecule has 2 heterocycles. The molecule has 0 radical (unpaired) electrons. The fourth-order valence-electron chi connectivity index (χ4n) is 1.94. The van der Waals surface area contributed by atoms with Gasteiger partial charge in [-0.15, -0.1) is 11.3 Å². The molecular formula is C14H10ClN3O2S. The molecule has 0 spiro atoms. The van der Waals surface area contributed by atoms with E-state index in [1.54, 1.807) is 42.8 Å². The molecule has 21 heavy (non-hydrogen) atoms. The number of aryl methyl sites for hydroxylation is 1. The molecule has 1 aromatic carbocycles. The first-order valence-electron chi connectivity index (χ1n) is 6.09. The number of anilines is 1. The second-order valence-corrected chi connectivity index (χ2v) is 5.71. The van der Waals surface area contributed by atoms with E-state index < -0.39 is 5.91 Å². The van der Waals surface area contributed by atoms with Gasteiger partial charge in [0.1, 0.15) is 5.69 Å². The molecule has 0 unspecified atom stereocenters. The van der Waals surface area contributed by atoms with Crippen LogP contribution in [0.4, 0.5) is 5.69 Å². The Morgan fingerprint density at radius 2 is 2.24 bits per heavy atom. The van der Waals surface area contributed by atoms with Crippen molar-refractivity contribution in [2.24, 2.45) is 0 Å². The number of rotatable bonds is 2. The SMILES string of the molecule is Cc1nc2sccn2c(=O)c1NC(=O)c1cccc(Cl)c1. The van der Waals surface area contributed by atoms with Crippen LogP contribution in [0.25, 0.3) is 4.96 Å². The Balaban J connectivity index is 2.02. The quantitative estimate of drug-likeness (QED) is 0.790. The summed E-state index contributed by atoms with van der Waals surface area (Å²) in [6.45, 7) is 1.69. The Bertz CT molecular complexity index is 901. The van der Waals surface area contributed by atoms with E-state index in [9.17, 15) is 9.59 Å². The number of nitrogens with one attached hydrogen (secondary N) is 1. The van der Waals surface area contributed by atoms with E-state index in [0.29, 0.717) is 21.2 Å². The van der Waals surface area contributed by atoms with Crippen molar-refractivity contribution in [3.8, 4) is 0 Å². The lowest BCUT2D eigenvalue weighted by Crippen LogP contribution is -2.24. The third-order valence-electron chi connectivity index (χ3n) is 2.97. The number of benzene rings is 1. The van der Waals surface area contributed by atoms with Gasteiger partial charge in [-0.05, 0) is 25.1 Å². The van der Waals surface area contributed by atoms with Crippen molar-refractivity contribution in [3.05, 3.63) is 62.5 Å². The fraction of sp³-hybridized carbons (Fsp3) is 0.0714. The van der Waals surface area contributed by atoms with Crippen molar-refractivity contribution in [3.63, 3.8) is 0 Å². The number of halogens is 1. The van der Waals surface area contributed by atoms with Crippen LogP contribution in [0.15, 0.2) is 40.6 Å². The molecular weight excluding hydrogens is 310 g/mol. The van der Waals surface area contributed by atoms with Crippen LogP contribution in [0.1, 0.15) is 16.1 Å². The predicted molar refractivity (Wildman–Crippen MR) is 83.5 cm³/mol. The van der Waals surface area contributed by atoms with Crippen molar-refractivity contribution < 1.29 is 4.79 Å². The van der Waals surface area contributed by atoms with E-state index in [2.05, 4.69) is 10.3 Å². The average molecular weight is 320 g/mol. The van der Waals surface area contributed by atoms with Crippen molar-refractivity contribution in [2.75, 3.05) is 5.32 Å². The molecule has 2 aromatic heterocycles. The zero-order valence-electron chi connectivity index (χ0n) is 11.0. The predicted octanol–water partition coefficient (Wildman–Crippen LogP) is 2.97. The highest BCUT2D eigenvalue weighted by molar-refractivity contribution is 7.15. The van der Waals surface area contributed by atoms with Crippen LogP contribution in [-0.4, -0.2) is 15.3 Å². The summed E-state index contributed by atoms with van der Waals surface area (Å²) in [7, 11) is 0. The molecule has 0 aliphatic heterocycles. The Hall–Kier alpha value is -2.18. The summed E-state index contributed by atoms with van der Waals surface area (Å²) in [4.78, 5) is 29.4. The Kier molecular flexibility index (Phi) is 3.48. The number of fused-ring (bicyclic) bond motifs is 1. The summed E-state index contributed by atoms with van der Waals surface area (Å²) < 4.78 is 1.41. The number of hydrogen-bond donors (Lipinski definition) is 1. The molecule has 7 heteroatoms. The molecule has 0 aliphatic rings. The van der Waals surface area contributed by atoms with E-state index in [-0.39, 0.29) is 11.2 Å². The maximum Gasteiger partial charge on any atom is 0.282 e. The molecule has 1 N–H and O–H groups in total. The third-order valence-corrected chi connectivity index (χ3v) is 3.96. The number of carbonyl (C=O) groups excluding carboxylic acids is 1. The van der Waals surface area contributed by atoms with Crippen molar-refractivity contribution >= 4 is 39.5 Å². The van der Waals surface area contributed by atoms with Gasteiger partial charge in [0.25, 0.3) is 11.5 Å². The van der Waals surface area contributed by atoms with E-state index in [1.165, 1.54) is 15.7 Å². The van der Waals surface area contributed by atoms with Crippen molar-refractivity contribution in [2.45, 2.75) is 6.92 Å². The Morgan fingerprint density at radius 3 is 3.00 bits per heavy atom. The molecule has 0 aliphatic carbocycles. The number of hydrogen-bond acceptors (Lipinski definition) is 4. The molecule has 0 saturated heterocycles. The number of aromatic nitrogens is 2. The van der Waals surface area contributed by atoms with Crippen molar-refractivity contribution in [1.82, 2.24) is 9.38 Å². The topological polar surface area (TPSA) is 63.5 Å². The smallest absolute Gasteiger partial charge is 0.282 e. The highest BCUT2D eigenvalue weighted by Crippen LogP contribution is 2.15. The first kappa shape index (κ1) is 13.8. The fourth-order valence-corrected chi connectivity index (χ4v) is 2.88. The van der Waals surface area contributed by atoms with Crippen LogP contribution >= 0.6 is 22.9 Å². The highest BCUT2D eigenvalue weighted by Gasteiger charge is 2.14. The first-order chi connectivity index (χ1) is 10.1. The maximum absolute atomic E-state index is 12.3.